The van der Waals surface area contributed by atoms with Crippen molar-refractivity contribution in [1.29, 1.82) is 0 Å². The molecule has 0 amide bonds. The third-order valence-electron chi connectivity index (χ3n) is 1.79. The Bertz CT molecular complexity index is 438. The Balaban J connectivity index is 2.94. The summed E-state index contributed by atoms with van der Waals surface area (Å²) in [5, 5.41) is 0. The standard InChI is InChI=1S/C11H13F2NOS/c1-11(2,3)16(15)14-7-8-5-4-6-9(12)10(8)13/h4-7H,1-3H3/t16-/m1/s1. The van der Waals surface area contributed by atoms with Gasteiger partial charge in [-0.3, -0.25) is 0 Å². The number of rotatable bonds is 2. The lowest BCUT2D eigenvalue weighted by atomic mass is 10.2. The van der Waals surface area contributed by atoms with Crippen LogP contribution in [0.25, 0.3) is 0 Å². The lowest BCUT2D eigenvalue weighted by molar-refractivity contribution is 0.507. The van der Waals surface area contributed by atoms with E-state index in [1.165, 1.54) is 12.1 Å². The molecule has 0 fully saturated rings. The summed E-state index contributed by atoms with van der Waals surface area (Å²) in [4.78, 5) is 0. The summed E-state index contributed by atoms with van der Waals surface area (Å²) in [6.07, 6.45) is 1.10. The molecule has 88 valence electrons. The molecule has 0 aliphatic carbocycles. The van der Waals surface area contributed by atoms with Gasteiger partial charge < -0.3 is 0 Å². The van der Waals surface area contributed by atoms with Crippen LogP contribution >= 0.6 is 0 Å². The fraction of sp³-hybridized carbons (Fsp3) is 0.364. The largest absolute Gasteiger partial charge is 0.234 e. The molecule has 0 aliphatic heterocycles. The molecule has 0 radical (unpaired) electrons. The van der Waals surface area contributed by atoms with E-state index < -0.39 is 27.4 Å². The highest BCUT2D eigenvalue weighted by Gasteiger charge is 2.18. The average molecular weight is 245 g/mol. The van der Waals surface area contributed by atoms with Crippen molar-refractivity contribution in [3.8, 4) is 0 Å². The van der Waals surface area contributed by atoms with E-state index in [0.29, 0.717) is 0 Å². The van der Waals surface area contributed by atoms with Gasteiger partial charge in [-0.2, -0.15) is 4.40 Å². The van der Waals surface area contributed by atoms with Crippen LogP contribution in [0, 0.1) is 11.6 Å². The van der Waals surface area contributed by atoms with Crippen molar-refractivity contribution in [1.82, 2.24) is 0 Å². The monoisotopic (exact) mass is 245 g/mol. The highest BCUT2D eigenvalue weighted by atomic mass is 32.2. The first-order valence-corrected chi connectivity index (χ1v) is 5.83. The fourth-order valence-electron chi connectivity index (χ4n) is 0.883. The number of halogens is 2. The molecule has 0 heterocycles. The lowest BCUT2D eigenvalue weighted by Gasteiger charge is -2.12. The maximum atomic E-state index is 13.2. The minimum Gasteiger partial charge on any atom is -0.234 e. The lowest BCUT2D eigenvalue weighted by Crippen LogP contribution is -2.19. The van der Waals surface area contributed by atoms with Gasteiger partial charge in [-0.1, -0.05) is 12.1 Å². The van der Waals surface area contributed by atoms with E-state index in [9.17, 15) is 13.0 Å². The molecule has 0 unspecified atom stereocenters. The van der Waals surface area contributed by atoms with Crippen molar-refractivity contribution in [2.45, 2.75) is 25.5 Å². The second-order valence-electron chi connectivity index (χ2n) is 4.24. The summed E-state index contributed by atoms with van der Waals surface area (Å²) in [5.41, 5.74) is -0.00222. The van der Waals surface area contributed by atoms with Crippen LogP contribution in [0.5, 0.6) is 0 Å². The maximum Gasteiger partial charge on any atom is 0.167 e. The van der Waals surface area contributed by atoms with Crippen LogP contribution in [0.15, 0.2) is 22.6 Å². The smallest absolute Gasteiger partial charge is 0.167 e. The van der Waals surface area contributed by atoms with E-state index in [1.54, 1.807) is 20.8 Å². The molecule has 1 atom stereocenters. The van der Waals surface area contributed by atoms with Crippen LogP contribution < -0.4 is 0 Å². The summed E-state index contributed by atoms with van der Waals surface area (Å²) in [6, 6.07) is 3.77. The number of hydrogen-bond acceptors (Lipinski definition) is 1. The third-order valence-corrected chi connectivity index (χ3v) is 3.14. The Kier molecular flexibility index (Phi) is 3.91. The van der Waals surface area contributed by atoms with Gasteiger partial charge in [-0.05, 0) is 26.8 Å². The zero-order valence-electron chi connectivity index (χ0n) is 9.33. The van der Waals surface area contributed by atoms with Crippen LogP contribution in [0.3, 0.4) is 0 Å². The van der Waals surface area contributed by atoms with Gasteiger partial charge >= 0.3 is 0 Å². The Morgan fingerprint density at radius 3 is 2.50 bits per heavy atom. The van der Waals surface area contributed by atoms with Gasteiger partial charge in [0.05, 0.1) is 4.75 Å². The first kappa shape index (κ1) is 13.0. The van der Waals surface area contributed by atoms with Crippen molar-refractivity contribution in [3.05, 3.63) is 35.4 Å². The van der Waals surface area contributed by atoms with E-state index in [4.69, 9.17) is 0 Å². The highest BCUT2D eigenvalue weighted by molar-refractivity contribution is 7.85. The van der Waals surface area contributed by atoms with Crippen molar-refractivity contribution in [3.63, 3.8) is 0 Å². The summed E-state index contributed by atoms with van der Waals surface area (Å²) in [5.74, 6) is -1.91. The molecule has 2 nitrogen and oxygen atoms in total. The highest BCUT2D eigenvalue weighted by Crippen LogP contribution is 2.13. The van der Waals surface area contributed by atoms with Gasteiger partial charge in [-0.25, -0.2) is 13.0 Å². The van der Waals surface area contributed by atoms with Crippen LogP contribution in [-0.4, -0.2) is 15.2 Å². The Labute approximate surface area is 96.0 Å². The summed E-state index contributed by atoms with van der Waals surface area (Å²) >= 11 is 0. The van der Waals surface area contributed by atoms with Gasteiger partial charge in [0, 0.05) is 11.8 Å². The van der Waals surface area contributed by atoms with E-state index in [0.717, 1.165) is 12.3 Å². The number of benzene rings is 1. The molecule has 1 aromatic carbocycles. The zero-order valence-corrected chi connectivity index (χ0v) is 10.1. The van der Waals surface area contributed by atoms with Gasteiger partial charge in [0.1, 0.15) is 11.0 Å². The molecule has 1 rings (SSSR count). The molecule has 0 aliphatic rings. The molecule has 0 aromatic heterocycles. The van der Waals surface area contributed by atoms with E-state index in [-0.39, 0.29) is 5.56 Å². The molecular formula is C11H13F2NOS. The zero-order chi connectivity index (χ0) is 12.3. The summed E-state index contributed by atoms with van der Waals surface area (Å²) < 4.78 is 40.7. The molecule has 0 spiro atoms. The maximum absolute atomic E-state index is 13.2. The van der Waals surface area contributed by atoms with Crippen molar-refractivity contribution >= 4 is 17.2 Å². The predicted octanol–water partition coefficient (Wildman–Crippen LogP) is 2.85. The Morgan fingerprint density at radius 2 is 1.94 bits per heavy atom. The van der Waals surface area contributed by atoms with Crippen LogP contribution in [0.4, 0.5) is 8.78 Å². The van der Waals surface area contributed by atoms with Gasteiger partial charge in [-0.15, -0.1) is 0 Å². The second-order valence-corrected chi connectivity index (χ2v) is 6.17. The molecule has 16 heavy (non-hydrogen) atoms. The van der Waals surface area contributed by atoms with Crippen LogP contribution in [0.1, 0.15) is 26.3 Å². The van der Waals surface area contributed by atoms with E-state index in [1.807, 2.05) is 0 Å². The third kappa shape index (κ3) is 3.20. The molecule has 0 saturated carbocycles. The molecular weight excluding hydrogens is 232 g/mol. The quantitative estimate of drug-likeness (QED) is 0.737. The van der Waals surface area contributed by atoms with Gasteiger partial charge in [0.25, 0.3) is 0 Å². The molecule has 0 bridgehead atoms. The van der Waals surface area contributed by atoms with Gasteiger partial charge in [0.2, 0.25) is 0 Å². The second kappa shape index (κ2) is 4.82. The topological polar surface area (TPSA) is 29.4 Å². The van der Waals surface area contributed by atoms with Crippen LogP contribution in [-0.2, 0) is 11.0 Å². The van der Waals surface area contributed by atoms with E-state index >= 15 is 0 Å². The number of nitrogens with zero attached hydrogens (tertiary/aromatic N) is 1. The van der Waals surface area contributed by atoms with Crippen LogP contribution in [0.2, 0.25) is 0 Å². The summed E-state index contributed by atoms with van der Waals surface area (Å²) in [7, 11) is -1.47. The first-order valence-electron chi connectivity index (χ1n) is 4.72. The molecule has 0 N–H and O–H groups in total. The predicted molar refractivity (Wildman–Crippen MR) is 61.8 cm³/mol. The minimum absolute atomic E-state index is 0.00222. The summed E-state index contributed by atoms with van der Waals surface area (Å²) in [6.45, 7) is 5.26. The molecule has 1 aromatic rings. The first-order chi connectivity index (χ1) is 7.32. The Hall–Kier alpha value is -1.10. The van der Waals surface area contributed by atoms with E-state index in [2.05, 4.69) is 4.40 Å². The van der Waals surface area contributed by atoms with Crippen molar-refractivity contribution in [2.75, 3.05) is 0 Å². The molecule has 5 heteroatoms. The SMILES string of the molecule is CC(C)(C)[S@@](=O)N=Cc1cccc(F)c1F. The fourth-order valence-corrected chi connectivity index (χ4v) is 1.41. The normalized spacial score (nSPS) is 14.3. The van der Waals surface area contributed by atoms with Gasteiger partial charge in [0.15, 0.2) is 11.6 Å². The Morgan fingerprint density at radius 1 is 1.31 bits per heavy atom. The molecule has 0 saturated heterocycles. The average Bonchev–Trinajstić information content (AvgIpc) is 2.18. The number of hydrogen-bond donors (Lipinski definition) is 0. The van der Waals surface area contributed by atoms with Crippen molar-refractivity contribution in [2.24, 2.45) is 4.40 Å². The van der Waals surface area contributed by atoms with Crippen molar-refractivity contribution < 1.29 is 13.0 Å². The minimum atomic E-state index is -1.47.